The van der Waals surface area contributed by atoms with Gasteiger partial charge in [0.25, 0.3) is 0 Å². The molecule has 166 valence electrons. The fourth-order valence-corrected chi connectivity index (χ4v) is 3.93. The van der Waals surface area contributed by atoms with Crippen molar-refractivity contribution in [3.63, 3.8) is 0 Å². The highest BCUT2D eigenvalue weighted by molar-refractivity contribution is 7.51. The summed E-state index contributed by atoms with van der Waals surface area (Å²) >= 11 is 0. The standard InChI is InChI=1S/C21H41N2O3P.BrH/c1-2-3-4-5-6-7-8-9-10-11-12-13-14-15-16-22-17-18-23(21-22)19-20-27(24,25)26;/h17-18,21H,2-16,19-20H2,1H3,(H-,24,25,26);1H. The largest absolute Gasteiger partial charge is 1.00 e. The van der Waals surface area contributed by atoms with Gasteiger partial charge in [0.1, 0.15) is 18.9 Å². The molecule has 0 saturated carbocycles. The second kappa shape index (κ2) is 17.7. The van der Waals surface area contributed by atoms with Gasteiger partial charge >= 0.3 is 7.60 Å². The number of halogens is 1. The van der Waals surface area contributed by atoms with Crippen LogP contribution in [0.15, 0.2) is 18.7 Å². The predicted octanol–water partition coefficient (Wildman–Crippen LogP) is 2.44. The third-order valence-electron chi connectivity index (χ3n) is 5.17. The molecule has 0 aromatic carbocycles. The van der Waals surface area contributed by atoms with Crippen LogP contribution in [0.2, 0.25) is 0 Å². The minimum atomic E-state index is -3.90. The number of hydrogen-bond donors (Lipinski definition) is 2. The smallest absolute Gasteiger partial charge is 0.329 e. The Morgan fingerprint density at radius 1 is 0.821 bits per heavy atom. The molecule has 2 N–H and O–H groups in total. The van der Waals surface area contributed by atoms with Crippen molar-refractivity contribution in [2.75, 3.05) is 6.16 Å². The normalized spacial score (nSPS) is 11.5. The lowest BCUT2D eigenvalue weighted by atomic mass is 10.0. The van der Waals surface area contributed by atoms with Crippen molar-refractivity contribution in [2.45, 2.75) is 110 Å². The van der Waals surface area contributed by atoms with Crippen LogP contribution >= 0.6 is 7.60 Å². The molecule has 0 radical (unpaired) electrons. The average molecular weight is 481 g/mol. The van der Waals surface area contributed by atoms with Gasteiger partial charge < -0.3 is 26.8 Å². The van der Waals surface area contributed by atoms with Crippen molar-refractivity contribution in [1.82, 2.24) is 4.57 Å². The molecule has 7 heteroatoms. The Kier molecular flexibility index (Phi) is 17.6. The van der Waals surface area contributed by atoms with E-state index in [1.54, 1.807) is 0 Å². The first-order valence-corrected chi connectivity index (χ1v) is 12.9. The number of hydrogen-bond acceptors (Lipinski definition) is 1. The Morgan fingerprint density at radius 2 is 1.29 bits per heavy atom. The molecule has 1 rings (SSSR count). The van der Waals surface area contributed by atoms with Crippen LogP contribution in [0.5, 0.6) is 0 Å². The van der Waals surface area contributed by atoms with E-state index in [0.717, 1.165) is 6.54 Å². The molecule has 1 aromatic rings. The van der Waals surface area contributed by atoms with E-state index in [0.29, 0.717) is 6.54 Å². The van der Waals surface area contributed by atoms with Crippen LogP contribution in [0.1, 0.15) is 96.8 Å². The summed E-state index contributed by atoms with van der Waals surface area (Å²) in [4.78, 5) is 17.8. The number of aryl methyl sites for hydroxylation is 2. The lowest BCUT2D eigenvalue weighted by Crippen LogP contribution is -3.00. The highest BCUT2D eigenvalue weighted by Gasteiger charge is 2.15. The Labute approximate surface area is 182 Å². The van der Waals surface area contributed by atoms with Crippen molar-refractivity contribution < 1.29 is 35.9 Å². The van der Waals surface area contributed by atoms with Crippen LogP contribution in [-0.2, 0) is 17.7 Å². The van der Waals surface area contributed by atoms with Crippen molar-refractivity contribution in [1.29, 1.82) is 0 Å². The van der Waals surface area contributed by atoms with Gasteiger partial charge in [-0.15, -0.1) is 0 Å². The van der Waals surface area contributed by atoms with Gasteiger partial charge in [-0.05, 0) is 12.8 Å². The molecule has 0 aliphatic rings. The number of imidazole rings is 1. The first kappa shape index (κ1) is 27.8. The summed E-state index contributed by atoms with van der Waals surface area (Å²) < 4.78 is 14.9. The second-order valence-corrected chi connectivity index (χ2v) is 9.65. The third kappa shape index (κ3) is 16.8. The van der Waals surface area contributed by atoms with Gasteiger partial charge in [-0.1, -0.05) is 84.0 Å². The van der Waals surface area contributed by atoms with E-state index in [2.05, 4.69) is 11.5 Å². The first-order chi connectivity index (χ1) is 13.0. The molecule has 1 aromatic heterocycles. The topological polar surface area (TPSA) is 66.3 Å². The van der Waals surface area contributed by atoms with Crippen LogP contribution in [-0.4, -0.2) is 20.5 Å². The number of unbranched alkanes of at least 4 members (excludes halogenated alkanes) is 13. The fourth-order valence-electron chi connectivity index (χ4n) is 3.44. The van der Waals surface area contributed by atoms with Crippen molar-refractivity contribution in [2.24, 2.45) is 0 Å². The van der Waals surface area contributed by atoms with Gasteiger partial charge in [0.15, 0.2) is 0 Å². The summed E-state index contributed by atoms with van der Waals surface area (Å²) in [6.07, 6.45) is 24.9. The SMILES string of the molecule is CCCCCCCCCCCCCCCC[n+]1ccn(CCP(=O)(O)O)c1.[Br-]. The molecule has 0 unspecified atom stereocenters. The fraction of sp³-hybridized carbons (Fsp3) is 0.857. The molecule has 0 spiro atoms. The van der Waals surface area contributed by atoms with E-state index < -0.39 is 7.60 Å². The molecule has 0 aliphatic carbocycles. The first-order valence-electron chi connectivity index (χ1n) is 11.1. The summed E-state index contributed by atoms with van der Waals surface area (Å²) in [7, 11) is -3.90. The van der Waals surface area contributed by atoms with E-state index in [9.17, 15) is 4.57 Å². The van der Waals surface area contributed by atoms with Gasteiger partial charge in [-0.3, -0.25) is 4.57 Å². The summed E-state index contributed by atoms with van der Waals surface area (Å²) in [5, 5.41) is 0. The zero-order valence-electron chi connectivity index (χ0n) is 17.8. The lowest BCUT2D eigenvalue weighted by Gasteiger charge is -2.03. The minimum Gasteiger partial charge on any atom is -1.00 e. The average Bonchev–Trinajstić information content (AvgIpc) is 3.07. The molecule has 28 heavy (non-hydrogen) atoms. The van der Waals surface area contributed by atoms with Crippen LogP contribution in [0, 0.1) is 0 Å². The van der Waals surface area contributed by atoms with Crippen LogP contribution < -0.4 is 21.5 Å². The molecule has 0 bridgehead atoms. The van der Waals surface area contributed by atoms with Gasteiger partial charge in [0, 0.05) is 0 Å². The number of nitrogens with zero attached hydrogens (tertiary/aromatic N) is 2. The van der Waals surface area contributed by atoms with Gasteiger partial charge in [0.2, 0.25) is 6.33 Å². The van der Waals surface area contributed by atoms with Crippen LogP contribution in [0.25, 0.3) is 0 Å². The molecule has 5 nitrogen and oxygen atoms in total. The number of aromatic nitrogens is 2. The molecular weight excluding hydrogens is 439 g/mol. The third-order valence-corrected chi connectivity index (χ3v) is 5.95. The number of rotatable bonds is 18. The van der Waals surface area contributed by atoms with E-state index in [1.165, 1.54) is 89.9 Å². The zero-order valence-corrected chi connectivity index (χ0v) is 20.3. The van der Waals surface area contributed by atoms with Gasteiger partial charge in [-0.2, -0.15) is 0 Å². The highest BCUT2D eigenvalue weighted by Crippen LogP contribution is 2.33. The monoisotopic (exact) mass is 480 g/mol. The molecule has 0 saturated heterocycles. The quantitative estimate of drug-likeness (QED) is 0.192. The molecule has 0 aliphatic heterocycles. The zero-order chi connectivity index (χ0) is 19.8. The van der Waals surface area contributed by atoms with E-state index >= 15 is 0 Å². The summed E-state index contributed by atoms with van der Waals surface area (Å²) in [6.45, 7) is 3.63. The summed E-state index contributed by atoms with van der Waals surface area (Å²) in [5.74, 6) is 0. The Hall–Kier alpha value is -0.160. The maximum absolute atomic E-state index is 10.9. The second-order valence-electron chi connectivity index (χ2n) is 7.87. The summed E-state index contributed by atoms with van der Waals surface area (Å²) in [5.41, 5.74) is 0. The van der Waals surface area contributed by atoms with Gasteiger partial charge in [-0.25, -0.2) is 9.13 Å². The van der Waals surface area contributed by atoms with Crippen molar-refractivity contribution in [3.8, 4) is 0 Å². The Balaban J connectivity index is 0.00000729. The molecule has 1 heterocycles. The minimum absolute atomic E-state index is 0. The van der Waals surface area contributed by atoms with Crippen LogP contribution in [0.4, 0.5) is 0 Å². The van der Waals surface area contributed by atoms with E-state index in [4.69, 9.17) is 9.79 Å². The van der Waals surface area contributed by atoms with Gasteiger partial charge in [0.05, 0.1) is 12.7 Å². The van der Waals surface area contributed by atoms with Crippen molar-refractivity contribution >= 4 is 7.60 Å². The predicted molar refractivity (Wildman–Crippen MR) is 112 cm³/mol. The van der Waals surface area contributed by atoms with E-state index in [-0.39, 0.29) is 23.1 Å². The Bertz CT molecular complexity index is 520. The molecule has 0 amide bonds. The van der Waals surface area contributed by atoms with E-state index in [1.807, 2.05) is 23.3 Å². The highest BCUT2D eigenvalue weighted by atomic mass is 79.9. The van der Waals surface area contributed by atoms with Crippen LogP contribution in [0.3, 0.4) is 0 Å². The maximum atomic E-state index is 10.9. The Morgan fingerprint density at radius 3 is 1.75 bits per heavy atom. The maximum Gasteiger partial charge on any atom is 0.329 e. The summed E-state index contributed by atoms with van der Waals surface area (Å²) in [6, 6.07) is 0. The molecule has 0 atom stereocenters. The lowest BCUT2D eigenvalue weighted by molar-refractivity contribution is -0.696. The van der Waals surface area contributed by atoms with Crippen molar-refractivity contribution in [3.05, 3.63) is 18.7 Å². The molecule has 0 fully saturated rings. The molecular formula is C21H42BrN2O3P.